The van der Waals surface area contributed by atoms with Crippen molar-refractivity contribution in [1.82, 2.24) is 5.01 Å². The average Bonchev–Trinajstić information content (AvgIpc) is 3.08. The Morgan fingerprint density at radius 3 is 2.58 bits per heavy atom. The zero-order chi connectivity index (χ0) is 18.3. The highest BCUT2D eigenvalue weighted by Crippen LogP contribution is 2.35. The SMILES string of the molecule is CC(=O)N1N=C(c2ccc3ccccc3c2O)OC1c1ccc(Cl)cc1. The van der Waals surface area contributed by atoms with Crippen LogP contribution in [-0.4, -0.2) is 21.9 Å². The van der Waals surface area contributed by atoms with Crippen molar-refractivity contribution in [2.45, 2.75) is 13.2 Å². The first-order valence-corrected chi connectivity index (χ1v) is 8.44. The summed E-state index contributed by atoms with van der Waals surface area (Å²) in [4.78, 5) is 12.0. The van der Waals surface area contributed by atoms with Gasteiger partial charge in [-0.1, -0.05) is 54.1 Å². The molecule has 3 aromatic carbocycles. The molecule has 1 aliphatic rings. The number of phenols is 1. The van der Waals surface area contributed by atoms with Gasteiger partial charge >= 0.3 is 0 Å². The topological polar surface area (TPSA) is 62.1 Å². The van der Waals surface area contributed by atoms with Crippen LogP contribution < -0.4 is 0 Å². The Balaban J connectivity index is 1.76. The Bertz CT molecular complexity index is 1030. The molecule has 0 saturated heterocycles. The number of aromatic hydroxyl groups is 1. The van der Waals surface area contributed by atoms with Crippen LogP contribution >= 0.6 is 11.6 Å². The molecule has 0 saturated carbocycles. The summed E-state index contributed by atoms with van der Waals surface area (Å²) in [5, 5.41) is 18.4. The van der Waals surface area contributed by atoms with E-state index in [1.54, 1.807) is 30.3 Å². The van der Waals surface area contributed by atoms with E-state index >= 15 is 0 Å². The van der Waals surface area contributed by atoms with Crippen molar-refractivity contribution < 1.29 is 14.6 Å². The Kier molecular flexibility index (Phi) is 4.01. The van der Waals surface area contributed by atoms with E-state index in [4.69, 9.17) is 16.3 Å². The molecule has 1 amide bonds. The van der Waals surface area contributed by atoms with Crippen molar-refractivity contribution in [2.24, 2.45) is 5.10 Å². The Hall–Kier alpha value is -3.05. The number of hydrogen-bond acceptors (Lipinski definition) is 4. The zero-order valence-corrected chi connectivity index (χ0v) is 14.6. The minimum atomic E-state index is -0.703. The molecular weight excluding hydrogens is 352 g/mol. The molecule has 5 nitrogen and oxygen atoms in total. The van der Waals surface area contributed by atoms with Crippen LogP contribution in [0.2, 0.25) is 5.02 Å². The minimum absolute atomic E-state index is 0.0714. The summed E-state index contributed by atoms with van der Waals surface area (Å²) in [6.45, 7) is 1.42. The third-order valence-electron chi connectivity index (χ3n) is 4.25. The van der Waals surface area contributed by atoms with Gasteiger partial charge in [0.2, 0.25) is 18.0 Å². The number of phenolic OH excluding ortho intramolecular Hbond substituents is 1. The number of nitrogens with zero attached hydrogens (tertiary/aromatic N) is 2. The molecule has 0 spiro atoms. The maximum Gasteiger partial charge on any atom is 0.244 e. The molecule has 1 N–H and O–H groups in total. The van der Waals surface area contributed by atoms with Crippen LogP contribution in [0.25, 0.3) is 10.8 Å². The van der Waals surface area contributed by atoms with Gasteiger partial charge in [-0.25, -0.2) is 0 Å². The van der Waals surface area contributed by atoms with Gasteiger partial charge in [-0.05, 0) is 23.6 Å². The second-order valence-electron chi connectivity index (χ2n) is 5.97. The van der Waals surface area contributed by atoms with Crippen molar-refractivity contribution in [3.05, 3.63) is 76.8 Å². The fourth-order valence-electron chi connectivity index (χ4n) is 2.95. The van der Waals surface area contributed by atoms with E-state index in [0.717, 1.165) is 10.9 Å². The Labute approximate surface area is 155 Å². The van der Waals surface area contributed by atoms with E-state index in [2.05, 4.69) is 5.10 Å². The van der Waals surface area contributed by atoms with E-state index in [1.165, 1.54) is 11.9 Å². The number of halogens is 1. The lowest BCUT2D eigenvalue weighted by molar-refractivity contribution is -0.135. The predicted molar refractivity (Wildman–Crippen MR) is 99.9 cm³/mol. The fraction of sp³-hybridized carbons (Fsp3) is 0.100. The van der Waals surface area contributed by atoms with Crippen LogP contribution in [-0.2, 0) is 9.53 Å². The van der Waals surface area contributed by atoms with Crippen LogP contribution in [0.4, 0.5) is 0 Å². The lowest BCUT2D eigenvalue weighted by Crippen LogP contribution is -2.25. The highest BCUT2D eigenvalue weighted by atomic mass is 35.5. The molecule has 0 bridgehead atoms. The molecule has 3 aromatic rings. The molecule has 26 heavy (non-hydrogen) atoms. The number of fused-ring (bicyclic) bond motifs is 1. The van der Waals surface area contributed by atoms with Crippen molar-refractivity contribution in [2.75, 3.05) is 0 Å². The largest absolute Gasteiger partial charge is 0.506 e. The first kappa shape index (κ1) is 16.4. The quantitative estimate of drug-likeness (QED) is 0.729. The molecule has 0 radical (unpaired) electrons. The van der Waals surface area contributed by atoms with Gasteiger partial charge in [0.25, 0.3) is 0 Å². The summed E-state index contributed by atoms with van der Waals surface area (Å²) < 4.78 is 5.93. The summed E-state index contributed by atoms with van der Waals surface area (Å²) in [5.74, 6) is 0.00531. The highest BCUT2D eigenvalue weighted by Gasteiger charge is 2.34. The number of ether oxygens (including phenoxy) is 1. The molecule has 0 aromatic heterocycles. The standard InChI is InChI=1S/C20H15ClN2O3/c1-12(24)23-20(14-6-9-15(21)10-7-14)26-19(22-23)17-11-8-13-4-2-3-5-16(13)18(17)25/h2-11,20,25H,1H3. The van der Waals surface area contributed by atoms with Gasteiger partial charge in [0.1, 0.15) is 5.75 Å². The zero-order valence-electron chi connectivity index (χ0n) is 13.9. The van der Waals surface area contributed by atoms with Crippen LogP contribution in [0.3, 0.4) is 0 Å². The fourth-order valence-corrected chi connectivity index (χ4v) is 3.07. The first-order chi connectivity index (χ1) is 12.5. The van der Waals surface area contributed by atoms with E-state index in [0.29, 0.717) is 16.0 Å². The van der Waals surface area contributed by atoms with Crippen LogP contribution in [0.15, 0.2) is 65.8 Å². The maximum absolute atomic E-state index is 12.0. The average molecular weight is 367 g/mol. The van der Waals surface area contributed by atoms with Crippen molar-refractivity contribution in [3.8, 4) is 5.75 Å². The molecule has 1 atom stereocenters. The van der Waals surface area contributed by atoms with E-state index < -0.39 is 6.23 Å². The summed E-state index contributed by atoms with van der Waals surface area (Å²) in [5.41, 5.74) is 1.18. The molecule has 130 valence electrons. The van der Waals surface area contributed by atoms with E-state index in [-0.39, 0.29) is 17.6 Å². The third kappa shape index (κ3) is 2.76. The van der Waals surface area contributed by atoms with Gasteiger partial charge < -0.3 is 9.84 Å². The lowest BCUT2D eigenvalue weighted by atomic mass is 10.1. The molecule has 4 rings (SSSR count). The van der Waals surface area contributed by atoms with Gasteiger partial charge in [-0.15, -0.1) is 5.10 Å². The number of amides is 1. The minimum Gasteiger partial charge on any atom is -0.506 e. The first-order valence-electron chi connectivity index (χ1n) is 8.06. The molecule has 0 fully saturated rings. The molecular formula is C20H15ClN2O3. The van der Waals surface area contributed by atoms with Crippen LogP contribution in [0.5, 0.6) is 5.75 Å². The van der Waals surface area contributed by atoms with Crippen LogP contribution in [0, 0.1) is 0 Å². The Morgan fingerprint density at radius 1 is 1.12 bits per heavy atom. The van der Waals surface area contributed by atoms with E-state index in [9.17, 15) is 9.90 Å². The summed E-state index contributed by atoms with van der Waals surface area (Å²) in [6, 6.07) is 18.1. The lowest BCUT2D eigenvalue weighted by Gasteiger charge is -2.19. The number of hydrogen-bond donors (Lipinski definition) is 1. The van der Waals surface area contributed by atoms with Gasteiger partial charge in [0.05, 0.1) is 5.56 Å². The summed E-state index contributed by atoms with van der Waals surface area (Å²) >= 11 is 5.94. The molecule has 1 aliphatic heterocycles. The Morgan fingerprint density at radius 2 is 1.85 bits per heavy atom. The molecule has 6 heteroatoms. The van der Waals surface area contributed by atoms with Crippen molar-refractivity contribution in [1.29, 1.82) is 0 Å². The summed E-state index contributed by atoms with van der Waals surface area (Å²) in [7, 11) is 0. The molecule has 1 heterocycles. The third-order valence-corrected chi connectivity index (χ3v) is 4.50. The second kappa shape index (κ2) is 6.35. The highest BCUT2D eigenvalue weighted by molar-refractivity contribution is 6.30. The van der Waals surface area contributed by atoms with Gasteiger partial charge in [0, 0.05) is 22.9 Å². The predicted octanol–water partition coefficient (Wildman–Crippen LogP) is 4.44. The monoisotopic (exact) mass is 366 g/mol. The smallest absolute Gasteiger partial charge is 0.244 e. The number of hydrazone groups is 1. The van der Waals surface area contributed by atoms with Gasteiger partial charge in [-0.3, -0.25) is 4.79 Å². The number of carbonyl (C=O) groups excluding carboxylic acids is 1. The normalized spacial score (nSPS) is 16.5. The maximum atomic E-state index is 12.0. The van der Waals surface area contributed by atoms with E-state index in [1.807, 2.05) is 30.3 Å². The summed E-state index contributed by atoms with van der Waals surface area (Å²) in [6.07, 6.45) is -0.703. The van der Waals surface area contributed by atoms with Crippen LogP contribution in [0.1, 0.15) is 24.3 Å². The molecule has 1 unspecified atom stereocenters. The van der Waals surface area contributed by atoms with Crippen molar-refractivity contribution >= 4 is 34.2 Å². The molecule has 0 aliphatic carbocycles. The number of rotatable bonds is 2. The van der Waals surface area contributed by atoms with Gasteiger partial charge in [0.15, 0.2) is 0 Å². The number of carbonyl (C=O) groups is 1. The van der Waals surface area contributed by atoms with Gasteiger partial charge in [-0.2, -0.15) is 5.01 Å². The van der Waals surface area contributed by atoms with Crippen molar-refractivity contribution in [3.63, 3.8) is 0 Å². The second-order valence-corrected chi connectivity index (χ2v) is 6.41. The number of benzene rings is 3.